The number of anilines is 2. The van der Waals surface area contributed by atoms with E-state index >= 15 is 0 Å². The molecular weight excluding hydrogens is 425 g/mol. The zero-order valence-corrected chi connectivity index (χ0v) is 17.8. The lowest BCUT2D eigenvalue weighted by molar-refractivity contribution is 0.102. The number of amides is 3. The largest absolute Gasteiger partial charge is 0.454 e. The van der Waals surface area contributed by atoms with Gasteiger partial charge in [-0.15, -0.1) is 0 Å². The SMILES string of the molecule is O=C(Nc1ccc(N2CCCN(Cc3ccc(F)cc3)C2=O)cc1)c1ccc2c(c1)OCO2. The van der Waals surface area contributed by atoms with Crippen molar-refractivity contribution in [3.63, 3.8) is 0 Å². The number of fused-ring (bicyclic) bond motifs is 1. The van der Waals surface area contributed by atoms with Crippen LogP contribution in [-0.2, 0) is 6.54 Å². The van der Waals surface area contributed by atoms with E-state index in [9.17, 15) is 14.0 Å². The average Bonchev–Trinajstić information content (AvgIpc) is 3.30. The molecule has 0 spiro atoms. The number of nitrogens with one attached hydrogen (secondary N) is 1. The third-order valence-electron chi connectivity index (χ3n) is 5.67. The topological polar surface area (TPSA) is 71.1 Å². The van der Waals surface area contributed by atoms with Crippen molar-refractivity contribution in [3.8, 4) is 11.5 Å². The molecule has 1 fully saturated rings. The molecule has 3 amide bonds. The van der Waals surface area contributed by atoms with Crippen molar-refractivity contribution >= 4 is 23.3 Å². The van der Waals surface area contributed by atoms with Crippen LogP contribution in [0.5, 0.6) is 11.5 Å². The fourth-order valence-electron chi connectivity index (χ4n) is 3.94. The number of urea groups is 1. The Kier molecular flexibility index (Phi) is 5.56. The van der Waals surface area contributed by atoms with Gasteiger partial charge in [-0.3, -0.25) is 9.69 Å². The molecule has 0 aromatic heterocycles. The molecular formula is C25H22FN3O4. The van der Waals surface area contributed by atoms with Crippen molar-refractivity contribution in [3.05, 3.63) is 83.7 Å². The first-order chi connectivity index (χ1) is 16.1. The number of hydrogen-bond acceptors (Lipinski definition) is 4. The highest BCUT2D eigenvalue weighted by molar-refractivity contribution is 6.05. The molecule has 5 rings (SSSR count). The van der Waals surface area contributed by atoms with Crippen LogP contribution in [0.3, 0.4) is 0 Å². The summed E-state index contributed by atoms with van der Waals surface area (Å²) in [7, 11) is 0. The number of carbonyl (C=O) groups excluding carboxylic acids is 2. The van der Waals surface area contributed by atoms with Gasteiger partial charge in [0.15, 0.2) is 11.5 Å². The number of rotatable bonds is 5. The van der Waals surface area contributed by atoms with Gasteiger partial charge in [0.1, 0.15) is 5.82 Å². The van der Waals surface area contributed by atoms with Crippen LogP contribution >= 0.6 is 0 Å². The number of hydrogen-bond donors (Lipinski definition) is 1. The molecule has 3 aromatic carbocycles. The summed E-state index contributed by atoms with van der Waals surface area (Å²) < 4.78 is 23.8. The predicted octanol–water partition coefficient (Wildman–Crippen LogP) is 4.64. The standard InChI is InChI=1S/C25H22FN3O4/c26-19-5-2-17(3-6-19)15-28-12-1-13-29(25(28)31)21-9-7-20(8-10-21)27-24(30)18-4-11-22-23(14-18)33-16-32-22/h2-11,14H,1,12-13,15-16H2,(H,27,30). The van der Waals surface area contributed by atoms with Crippen molar-refractivity contribution in [2.45, 2.75) is 13.0 Å². The Hall–Kier alpha value is -4.07. The van der Waals surface area contributed by atoms with E-state index in [1.807, 2.05) is 12.1 Å². The lowest BCUT2D eigenvalue weighted by Gasteiger charge is -2.35. The van der Waals surface area contributed by atoms with Crippen LogP contribution in [0.1, 0.15) is 22.3 Å². The highest BCUT2D eigenvalue weighted by Gasteiger charge is 2.27. The molecule has 168 valence electrons. The van der Waals surface area contributed by atoms with Gasteiger partial charge in [-0.1, -0.05) is 12.1 Å². The summed E-state index contributed by atoms with van der Waals surface area (Å²) in [5.74, 6) is 0.610. The summed E-state index contributed by atoms with van der Waals surface area (Å²) in [4.78, 5) is 29.1. The van der Waals surface area contributed by atoms with Crippen LogP contribution in [0.25, 0.3) is 0 Å². The third kappa shape index (κ3) is 4.45. The molecule has 8 heteroatoms. The van der Waals surface area contributed by atoms with Crippen LogP contribution in [-0.4, -0.2) is 36.7 Å². The minimum Gasteiger partial charge on any atom is -0.454 e. The van der Waals surface area contributed by atoms with Crippen LogP contribution in [0.15, 0.2) is 66.7 Å². The van der Waals surface area contributed by atoms with Crippen molar-refractivity contribution < 1.29 is 23.5 Å². The maximum absolute atomic E-state index is 13.2. The number of carbonyl (C=O) groups is 2. The third-order valence-corrected chi connectivity index (χ3v) is 5.67. The molecule has 1 saturated heterocycles. The summed E-state index contributed by atoms with van der Waals surface area (Å²) >= 11 is 0. The van der Waals surface area contributed by atoms with Gasteiger partial charge >= 0.3 is 6.03 Å². The maximum atomic E-state index is 13.2. The maximum Gasteiger partial charge on any atom is 0.324 e. The van der Waals surface area contributed by atoms with Crippen LogP contribution in [0.2, 0.25) is 0 Å². The van der Waals surface area contributed by atoms with Crippen LogP contribution in [0, 0.1) is 5.82 Å². The Morgan fingerprint density at radius 3 is 2.48 bits per heavy atom. The van der Waals surface area contributed by atoms with Gasteiger partial charge < -0.3 is 19.7 Å². The van der Waals surface area contributed by atoms with E-state index in [1.165, 1.54) is 12.1 Å². The normalized spacial score (nSPS) is 15.0. The van der Waals surface area contributed by atoms with E-state index in [-0.39, 0.29) is 24.5 Å². The molecule has 33 heavy (non-hydrogen) atoms. The molecule has 7 nitrogen and oxygen atoms in total. The molecule has 0 atom stereocenters. The number of benzene rings is 3. The smallest absolute Gasteiger partial charge is 0.324 e. The quantitative estimate of drug-likeness (QED) is 0.619. The fraction of sp³-hybridized carbons (Fsp3) is 0.200. The fourth-order valence-corrected chi connectivity index (χ4v) is 3.94. The summed E-state index contributed by atoms with van der Waals surface area (Å²) in [6.45, 7) is 1.84. The van der Waals surface area contributed by atoms with Crippen molar-refractivity contribution in [1.29, 1.82) is 0 Å². The summed E-state index contributed by atoms with van der Waals surface area (Å²) in [6, 6.07) is 18.3. The van der Waals surface area contributed by atoms with Gasteiger partial charge in [0.2, 0.25) is 6.79 Å². The van der Waals surface area contributed by atoms with E-state index in [1.54, 1.807) is 52.3 Å². The average molecular weight is 447 g/mol. The second-order valence-corrected chi connectivity index (χ2v) is 7.90. The first-order valence-electron chi connectivity index (χ1n) is 10.7. The van der Waals surface area contributed by atoms with E-state index < -0.39 is 0 Å². The molecule has 0 bridgehead atoms. The molecule has 2 heterocycles. The van der Waals surface area contributed by atoms with Gasteiger partial charge in [0.25, 0.3) is 5.91 Å². The van der Waals surface area contributed by atoms with E-state index in [4.69, 9.17) is 9.47 Å². The molecule has 0 unspecified atom stereocenters. The molecule has 1 N–H and O–H groups in total. The van der Waals surface area contributed by atoms with Gasteiger partial charge in [0.05, 0.1) is 0 Å². The molecule has 0 saturated carbocycles. The van der Waals surface area contributed by atoms with Gasteiger partial charge in [0, 0.05) is 36.6 Å². The number of ether oxygens (including phenoxy) is 2. The first-order valence-corrected chi connectivity index (χ1v) is 10.7. The van der Waals surface area contributed by atoms with Crippen LogP contribution < -0.4 is 19.7 Å². The number of nitrogens with zero attached hydrogens (tertiary/aromatic N) is 2. The first kappa shape index (κ1) is 20.8. The highest BCUT2D eigenvalue weighted by atomic mass is 19.1. The highest BCUT2D eigenvalue weighted by Crippen LogP contribution is 2.32. The zero-order valence-electron chi connectivity index (χ0n) is 17.8. The second-order valence-electron chi connectivity index (χ2n) is 7.90. The minimum atomic E-state index is -0.295. The Balaban J connectivity index is 1.24. The lowest BCUT2D eigenvalue weighted by atomic mass is 10.1. The predicted molar refractivity (Wildman–Crippen MR) is 121 cm³/mol. The molecule has 0 aliphatic carbocycles. The molecule has 2 aliphatic heterocycles. The van der Waals surface area contributed by atoms with Gasteiger partial charge in [-0.2, -0.15) is 0 Å². The Morgan fingerprint density at radius 2 is 1.70 bits per heavy atom. The van der Waals surface area contributed by atoms with E-state index in [0.29, 0.717) is 42.4 Å². The van der Waals surface area contributed by atoms with Crippen molar-refractivity contribution in [1.82, 2.24) is 4.90 Å². The zero-order chi connectivity index (χ0) is 22.8. The lowest BCUT2D eigenvalue weighted by Crippen LogP contribution is -2.49. The van der Waals surface area contributed by atoms with Crippen molar-refractivity contribution in [2.24, 2.45) is 0 Å². The van der Waals surface area contributed by atoms with Crippen LogP contribution in [0.4, 0.5) is 20.6 Å². The van der Waals surface area contributed by atoms with Gasteiger partial charge in [-0.05, 0) is 66.6 Å². The minimum absolute atomic E-state index is 0.0947. The molecule has 0 radical (unpaired) electrons. The van der Waals surface area contributed by atoms with E-state index in [0.717, 1.165) is 17.7 Å². The second kappa shape index (κ2) is 8.82. The molecule has 2 aliphatic rings. The Morgan fingerprint density at radius 1 is 0.939 bits per heavy atom. The Bertz CT molecular complexity index is 1180. The summed E-state index contributed by atoms with van der Waals surface area (Å²) in [6.07, 6.45) is 0.829. The summed E-state index contributed by atoms with van der Waals surface area (Å²) in [5, 5.41) is 2.86. The van der Waals surface area contributed by atoms with Gasteiger partial charge in [-0.25, -0.2) is 9.18 Å². The Labute approximate surface area is 190 Å². The van der Waals surface area contributed by atoms with Crippen molar-refractivity contribution in [2.75, 3.05) is 30.1 Å². The monoisotopic (exact) mass is 447 g/mol. The van der Waals surface area contributed by atoms with E-state index in [2.05, 4.69) is 5.32 Å². The summed E-state index contributed by atoms with van der Waals surface area (Å²) in [5.41, 5.74) is 2.72. The molecule has 3 aromatic rings. The number of halogens is 1.